The van der Waals surface area contributed by atoms with Crippen molar-refractivity contribution in [2.24, 2.45) is 12.5 Å². The van der Waals surface area contributed by atoms with Crippen LogP contribution in [0, 0.1) is 5.41 Å². The average molecular weight is 287 g/mol. The molecule has 1 unspecified atom stereocenters. The standard InChI is InChI=1S/C12H19BrN2O/c1-12(6-4-3-5-7-12)11(16)10-9(13)8-14-15(10)2/h8,11,16H,3-7H2,1-2H3. The fourth-order valence-corrected chi connectivity index (χ4v) is 3.26. The lowest BCUT2D eigenvalue weighted by atomic mass is 9.71. The molecule has 1 heterocycles. The molecule has 90 valence electrons. The summed E-state index contributed by atoms with van der Waals surface area (Å²) in [4.78, 5) is 0. The Balaban J connectivity index is 2.27. The van der Waals surface area contributed by atoms with E-state index in [-0.39, 0.29) is 5.41 Å². The van der Waals surface area contributed by atoms with E-state index in [9.17, 15) is 5.11 Å². The average Bonchev–Trinajstić information content (AvgIpc) is 2.59. The van der Waals surface area contributed by atoms with Crippen LogP contribution in [0.2, 0.25) is 0 Å². The molecular weight excluding hydrogens is 268 g/mol. The van der Waals surface area contributed by atoms with E-state index in [1.165, 1.54) is 19.3 Å². The first kappa shape index (κ1) is 12.1. The quantitative estimate of drug-likeness (QED) is 0.907. The highest BCUT2D eigenvalue weighted by Crippen LogP contribution is 2.46. The van der Waals surface area contributed by atoms with E-state index in [1.807, 2.05) is 7.05 Å². The summed E-state index contributed by atoms with van der Waals surface area (Å²) in [7, 11) is 1.88. The first-order valence-electron chi connectivity index (χ1n) is 5.90. The number of hydrogen-bond acceptors (Lipinski definition) is 2. The van der Waals surface area contributed by atoms with Gasteiger partial charge in [0.1, 0.15) is 6.10 Å². The highest BCUT2D eigenvalue weighted by molar-refractivity contribution is 9.10. The van der Waals surface area contributed by atoms with E-state index < -0.39 is 6.10 Å². The first-order valence-corrected chi connectivity index (χ1v) is 6.69. The summed E-state index contributed by atoms with van der Waals surface area (Å²) in [5.74, 6) is 0. The van der Waals surface area contributed by atoms with Crippen LogP contribution in [-0.2, 0) is 7.05 Å². The van der Waals surface area contributed by atoms with Gasteiger partial charge in [-0.15, -0.1) is 0 Å². The van der Waals surface area contributed by atoms with E-state index in [0.29, 0.717) is 0 Å². The maximum atomic E-state index is 10.6. The van der Waals surface area contributed by atoms with E-state index in [0.717, 1.165) is 23.0 Å². The van der Waals surface area contributed by atoms with E-state index >= 15 is 0 Å². The van der Waals surface area contributed by atoms with Gasteiger partial charge in [-0.05, 0) is 34.2 Å². The van der Waals surface area contributed by atoms with Gasteiger partial charge in [0.05, 0.1) is 16.4 Å². The molecular formula is C12H19BrN2O. The Bertz CT molecular complexity index is 350. The largest absolute Gasteiger partial charge is 0.386 e. The molecule has 0 aliphatic heterocycles. The molecule has 16 heavy (non-hydrogen) atoms. The predicted octanol–water partition coefficient (Wildman–Crippen LogP) is 3.19. The molecule has 1 aliphatic carbocycles. The van der Waals surface area contributed by atoms with Crippen molar-refractivity contribution in [2.75, 3.05) is 0 Å². The highest BCUT2D eigenvalue weighted by atomic mass is 79.9. The normalized spacial score (nSPS) is 22.0. The van der Waals surface area contributed by atoms with Crippen LogP contribution in [0.25, 0.3) is 0 Å². The molecule has 2 rings (SSSR count). The van der Waals surface area contributed by atoms with Gasteiger partial charge in [0.15, 0.2) is 0 Å². The fraction of sp³-hybridized carbons (Fsp3) is 0.750. The molecule has 3 nitrogen and oxygen atoms in total. The molecule has 1 saturated carbocycles. The Morgan fingerprint density at radius 1 is 1.44 bits per heavy atom. The summed E-state index contributed by atoms with van der Waals surface area (Å²) in [6.45, 7) is 2.19. The number of aryl methyl sites for hydroxylation is 1. The Kier molecular flexibility index (Phi) is 3.40. The molecule has 1 N–H and O–H groups in total. The van der Waals surface area contributed by atoms with Crippen LogP contribution in [0.15, 0.2) is 10.7 Å². The molecule has 1 fully saturated rings. The second kappa shape index (κ2) is 4.49. The van der Waals surface area contributed by atoms with Crippen LogP contribution in [0.3, 0.4) is 0 Å². The second-order valence-corrected chi connectivity index (χ2v) is 5.97. The number of halogens is 1. The van der Waals surface area contributed by atoms with Crippen molar-refractivity contribution in [2.45, 2.75) is 45.1 Å². The summed E-state index contributed by atoms with van der Waals surface area (Å²) >= 11 is 3.47. The zero-order valence-electron chi connectivity index (χ0n) is 9.91. The van der Waals surface area contributed by atoms with Crippen molar-refractivity contribution in [3.8, 4) is 0 Å². The second-order valence-electron chi connectivity index (χ2n) is 5.12. The fourth-order valence-electron chi connectivity index (χ4n) is 2.69. The Morgan fingerprint density at radius 3 is 2.56 bits per heavy atom. The van der Waals surface area contributed by atoms with Crippen LogP contribution in [0.1, 0.15) is 50.8 Å². The Labute approximate surface area is 105 Å². The van der Waals surface area contributed by atoms with Crippen molar-refractivity contribution in [1.29, 1.82) is 0 Å². The number of hydrogen-bond donors (Lipinski definition) is 1. The maximum absolute atomic E-state index is 10.6. The zero-order valence-corrected chi connectivity index (χ0v) is 11.5. The van der Waals surface area contributed by atoms with Crippen LogP contribution < -0.4 is 0 Å². The van der Waals surface area contributed by atoms with Crippen molar-refractivity contribution in [1.82, 2.24) is 9.78 Å². The summed E-state index contributed by atoms with van der Waals surface area (Å²) < 4.78 is 2.68. The Morgan fingerprint density at radius 2 is 2.06 bits per heavy atom. The minimum atomic E-state index is -0.422. The molecule has 0 saturated heterocycles. The summed E-state index contributed by atoms with van der Waals surface area (Å²) in [5.41, 5.74) is 0.915. The van der Waals surface area contributed by atoms with Crippen molar-refractivity contribution in [3.63, 3.8) is 0 Å². The molecule has 0 spiro atoms. The molecule has 1 aromatic heterocycles. The topological polar surface area (TPSA) is 38.0 Å². The van der Waals surface area contributed by atoms with E-state index in [2.05, 4.69) is 28.0 Å². The van der Waals surface area contributed by atoms with Crippen molar-refractivity contribution in [3.05, 3.63) is 16.4 Å². The van der Waals surface area contributed by atoms with Gasteiger partial charge in [-0.1, -0.05) is 26.2 Å². The molecule has 0 bridgehead atoms. The lowest BCUT2D eigenvalue weighted by Crippen LogP contribution is -2.29. The van der Waals surface area contributed by atoms with Crippen LogP contribution in [0.5, 0.6) is 0 Å². The monoisotopic (exact) mass is 286 g/mol. The highest BCUT2D eigenvalue weighted by Gasteiger charge is 2.37. The number of aliphatic hydroxyl groups excluding tert-OH is 1. The van der Waals surface area contributed by atoms with Crippen molar-refractivity contribution < 1.29 is 5.11 Å². The lowest BCUT2D eigenvalue weighted by Gasteiger charge is -2.38. The summed E-state index contributed by atoms with van der Waals surface area (Å²) in [6, 6.07) is 0. The zero-order chi connectivity index (χ0) is 11.8. The summed E-state index contributed by atoms with van der Waals surface area (Å²) in [6.07, 6.45) is 7.29. The molecule has 0 radical (unpaired) electrons. The van der Waals surface area contributed by atoms with Crippen LogP contribution in [-0.4, -0.2) is 14.9 Å². The van der Waals surface area contributed by atoms with Gasteiger partial charge in [-0.2, -0.15) is 5.10 Å². The maximum Gasteiger partial charge on any atom is 0.102 e. The minimum absolute atomic E-state index is 0.00850. The van der Waals surface area contributed by atoms with Gasteiger partial charge in [-0.25, -0.2) is 0 Å². The molecule has 0 amide bonds. The predicted molar refractivity (Wildman–Crippen MR) is 67.1 cm³/mol. The minimum Gasteiger partial charge on any atom is -0.386 e. The van der Waals surface area contributed by atoms with E-state index in [1.54, 1.807) is 10.9 Å². The molecule has 1 aromatic rings. The first-order chi connectivity index (χ1) is 7.54. The third-order valence-corrected chi connectivity index (χ3v) is 4.46. The number of rotatable bonds is 2. The van der Waals surface area contributed by atoms with Gasteiger partial charge in [0, 0.05) is 7.05 Å². The lowest BCUT2D eigenvalue weighted by molar-refractivity contribution is 0.00228. The van der Waals surface area contributed by atoms with Crippen molar-refractivity contribution >= 4 is 15.9 Å². The van der Waals surface area contributed by atoms with Gasteiger partial charge < -0.3 is 5.11 Å². The van der Waals surface area contributed by atoms with Crippen LogP contribution >= 0.6 is 15.9 Å². The van der Waals surface area contributed by atoms with E-state index in [4.69, 9.17) is 0 Å². The number of nitrogens with zero attached hydrogens (tertiary/aromatic N) is 2. The van der Waals surface area contributed by atoms with Gasteiger partial charge in [0.25, 0.3) is 0 Å². The molecule has 4 heteroatoms. The SMILES string of the molecule is Cn1ncc(Br)c1C(O)C1(C)CCCCC1. The molecule has 1 aliphatic rings. The van der Waals surface area contributed by atoms with Gasteiger partial charge >= 0.3 is 0 Å². The third kappa shape index (κ3) is 2.05. The molecule has 0 aromatic carbocycles. The Hall–Kier alpha value is -0.350. The third-order valence-electron chi connectivity index (χ3n) is 3.85. The molecule has 1 atom stereocenters. The number of aliphatic hydroxyl groups is 1. The number of aromatic nitrogens is 2. The summed E-state index contributed by atoms with van der Waals surface area (Å²) in [5, 5.41) is 14.7. The smallest absolute Gasteiger partial charge is 0.102 e. The van der Waals surface area contributed by atoms with Crippen LogP contribution in [0.4, 0.5) is 0 Å². The van der Waals surface area contributed by atoms with Gasteiger partial charge in [-0.3, -0.25) is 4.68 Å². The van der Waals surface area contributed by atoms with Gasteiger partial charge in [0.2, 0.25) is 0 Å².